The molecule has 2 aromatic rings. The smallest absolute Gasteiger partial charge is 0.245 e. The van der Waals surface area contributed by atoms with Crippen LogP contribution in [0.4, 0.5) is 0 Å². The Morgan fingerprint density at radius 2 is 1.61 bits per heavy atom. The van der Waals surface area contributed by atoms with Gasteiger partial charge in [0.25, 0.3) is 0 Å². The zero-order valence-corrected chi connectivity index (χ0v) is 42.0. The monoisotopic (exact) mass is 960 g/mol. The number of rotatable bonds is 28. The quantitative estimate of drug-likeness (QED) is 0.0408. The van der Waals surface area contributed by atoms with Gasteiger partial charge in [0.2, 0.25) is 23.6 Å². The second kappa shape index (κ2) is 27.7. The van der Waals surface area contributed by atoms with E-state index in [-0.39, 0.29) is 60.5 Å². The molecule has 1 aromatic heterocycles. The lowest BCUT2D eigenvalue weighted by Crippen LogP contribution is -2.60. The molecule has 13 atom stereocenters. The normalized spacial score (nSPS) is 19.6. The molecule has 4 amide bonds. The second-order valence-corrected chi connectivity index (χ2v) is 19.5. The van der Waals surface area contributed by atoms with Gasteiger partial charge in [0.1, 0.15) is 23.3 Å². The number of aliphatic hydroxyl groups excluding tert-OH is 4. The number of hydrogen-bond acceptors (Lipinski definition) is 14. The van der Waals surface area contributed by atoms with Crippen LogP contribution >= 0.6 is 11.3 Å². The van der Waals surface area contributed by atoms with Crippen LogP contribution < -0.4 is 10.6 Å². The maximum atomic E-state index is 14.6. The highest BCUT2D eigenvalue weighted by Gasteiger charge is 2.44. The van der Waals surface area contributed by atoms with Crippen LogP contribution in [0.15, 0.2) is 47.0 Å². The van der Waals surface area contributed by atoms with Crippen molar-refractivity contribution in [1.29, 1.82) is 0 Å². The summed E-state index contributed by atoms with van der Waals surface area (Å²) < 4.78 is 12.1. The van der Waals surface area contributed by atoms with Gasteiger partial charge in [-0.25, -0.2) is 4.98 Å². The Kier molecular flexibility index (Phi) is 23.6. The average molecular weight is 960 g/mol. The summed E-state index contributed by atoms with van der Waals surface area (Å²) in [5.74, 6) is -2.75. The number of likely N-dealkylation sites (N-methyl/N-ethyl adjacent to an activating group) is 2. The first-order valence-electron chi connectivity index (χ1n) is 23.3. The molecule has 0 spiro atoms. The Bertz CT molecular complexity index is 1870. The zero-order valence-electron chi connectivity index (χ0n) is 41.1. The lowest BCUT2D eigenvalue weighted by Gasteiger charge is -2.41. The summed E-state index contributed by atoms with van der Waals surface area (Å²) in [5, 5.41) is 53.8. The van der Waals surface area contributed by atoms with Gasteiger partial charge in [-0.15, -0.1) is 11.3 Å². The number of carbonyl (C=O) groups is 4. The molecule has 0 aliphatic carbocycles. The van der Waals surface area contributed by atoms with Crippen LogP contribution in [0.2, 0.25) is 0 Å². The molecular formula is C47H77N9O10S. The molecule has 6 N–H and O–H groups in total. The van der Waals surface area contributed by atoms with Gasteiger partial charge in [-0.05, 0) is 55.2 Å². The molecule has 67 heavy (non-hydrogen) atoms. The van der Waals surface area contributed by atoms with Crippen LogP contribution in [-0.4, -0.2) is 172 Å². The van der Waals surface area contributed by atoms with Crippen LogP contribution in [0.3, 0.4) is 0 Å². The van der Waals surface area contributed by atoms with E-state index in [0.717, 1.165) is 17.0 Å². The van der Waals surface area contributed by atoms with E-state index in [2.05, 4.69) is 25.6 Å². The highest BCUT2D eigenvalue weighted by Crippen LogP contribution is 2.31. The predicted octanol–water partition coefficient (Wildman–Crippen LogP) is 3.31. The number of hydrogen-bond donors (Lipinski definition) is 6. The van der Waals surface area contributed by atoms with Crippen LogP contribution in [-0.2, 0) is 35.1 Å². The third-order valence-corrected chi connectivity index (χ3v) is 14.0. The molecule has 0 bridgehead atoms. The fourth-order valence-electron chi connectivity index (χ4n) is 9.25. The van der Waals surface area contributed by atoms with Gasteiger partial charge in [0.05, 0.1) is 67.5 Å². The Balaban J connectivity index is 1.78. The standard InChI is InChI=1S/C47H77N9O10S/c1-12-29(6)40(55(9)47(64)38(27(2)3)52-45(63)39(28(4)5)54(8)26-35(58)42(61)41(60)34(57)25-50-53-48)36(65-10)24-37(59)56-21-16-19-33(56)43(66-11)30(7)44(62)51-32(46-49-20-22-67-46)23-31-17-14-13-15-18-31/h13-15,17-18,20,22,27-30,32-36,38-43,57-58,60-61H,12,16,19,21,23-26H2,1-11H3,(H,51,62)(H,52,63)/t29-,30+,32-,33-,34?,35?,36+,38-,39-,40-,41?,42?,43+/m0/s1. The Labute approximate surface area is 400 Å². The molecular weight excluding hydrogens is 883 g/mol. The van der Waals surface area contributed by atoms with Crippen molar-refractivity contribution in [3.63, 3.8) is 0 Å². The predicted molar refractivity (Wildman–Crippen MR) is 255 cm³/mol. The molecule has 3 rings (SSSR count). The summed E-state index contributed by atoms with van der Waals surface area (Å²) >= 11 is 1.48. The van der Waals surface area contributed by atoms with E-state index in [4.69, 9.17) is 15.0 Å². The minimum atomic E-state index is -1.83. The van der Waals surface area contributed by atoms with E-state index in [1.54, 1.807) is 51.0 Å². The fraction of sp³-hybridized carbons (Fsp3) is 0.723. The molecule has 1 fully saturated rings. The summed E-state index contributed by atoms with van der Waals surface area (Å²) in [6.45, 7) is 12.7. The third-order valence-electron chi connectivity index (χ3n) is 13.2. The first-order chi connectivity index (χ1) is 31.7. The number of methoxy groups -OCH3 is 2. The van der Waals surface area contributed by atoms with Crippen LogP contribution in [0.1, 0.15) is 90.8 Å². The number of likely N-dealkylation sites (tertiary alicyclic amines) is 1. The SMILES string of the molecule is CC[C@H](C)[C@@H]([C@@H](CC(=O)N1CCC[C@H]1[C@H](OC)[C@@H](C)C(=O)N[C@@H](Cc1ccccc1)c1nccs1)OC)N(C)C(=O)[C@@H](NC(=O)[C@H](C(C)C)N(C)CC(O)C(O)C(O)C(O)CN=[N+]=[N-])C(C)C. The summed E-state index contributed by atoms with van der Waals surface area (Å²) in [4.78, 5) is 69.0. The number of benzene rings is 1. The van der Waals surface area contributed by atoms with Crippen LogP contribution in [0, 0.1) is 23.7 Å². The lowest BCUT2D eigenvalue weighted by atomic mass is 9.89. The van der Waals surface area contributed by atoms with Gasteiger partial charge in [-0.3, -0.25) is 24.1 Å². The Morgan fingerprint density at radius 1 is 0.955 bits per heavy atom. The van der Waals surface area contributed by atoms with Gasteiger partial charge in [0.15, 0.2) is 0 Å². The molecule has 1 aromatic carbocycles. The van der Waals surface area contributed by atoms with Crippen LogP contribution in [0.5, 0.6) is 0 Å². The van der Waals surface area contributed by atoms with Crippen molar-refractivity contribution < 1.29 is 49.1 Å². The number of azide groups is 1. The van der Waals surface area contributed by atoms with Crippen molar-refractivity contribution in [2.24, 2.45) is 28.8 Å². The Hall–Kier alpha value is -4.24. The number of ether oxygens (including phenoxy) is 2. The topological polar surface area (TPSA) is 263 Å². The molecule has 1 aliphatic rings. The van der Waals surface area contributed by atoms with Gasteiger partial charge in [-0.1, -0.05) is 90.3 Å². The summed E-state index contributed by atoms with van der Waals surface area (Å²) in [6, 6.07) is 6.68. The largest absolute Gasteiger partial charge is 0.390 e. The summed E-state index contributed by atoms with van der Waals surface area (Å²) in [5.41, 5.74) is 9.59. The summed E-state index contributed by atoms with van der Waals surface area (Å²) in [6.07, 6.45) is -4.00. The number of nitrogens with zero attached hydrogens (tertiary/aromatic N) is 7. The molecule has 4 unspecified atom stereocenters. The molecule has 20 heteroatoms. The van der Waals surface area contributed by atoms with Crippen molar-refractivity contribution in [3.05, 3.63) is 62.9 Å². The van der Waals surface area contributed by atoms with E-state index in [1.165, 1.54) is 23.3 Å². The van der Waals surface area contributed by atoms with Crippen molar-refractivity contribution >= 4 is 35.0 Å². The van der Waals surface area contributed by atoms with Crippen molar-refractivity contribution in [1.82, 2.24) is 30.3 Å². The first kappa shape index (κ1) is 57.1. The molecule has 0 radical (unpaired) electrons. The number of nitrogens with one attached hydrogen (secondary N) is 2. The fourth-order valence-corrected chi connectivity index (χ4v) is 9.94. The minimum absolute atomic E-state index is 0.0514. The molecule has 1 aliphatic heterocycles. The number of amides is 4. The van der Waals surface area contributed by atoms with E-state index in [0.29, 0.717) is 25.8 Å². The zero-order chi connectivity index (χ0) is 50.1. The summed E-state index contributed by atoms with van der Waals surface area (Å²) in [7, 11) is 6.29. The molecule has 2 heterocycles. The number of aliphatic hydroxyl groups is 4. The molecule has 0 saturated carbocycles. The average Bonchev–Trinajstić information content (AvgIpc) is 4.03. The minimum Gasteiger partial charge on any atom is -0.390 e. The van der Waals surface area contributed by atoms with E-state index in [9.17, 15) is 39.6 Å². The highest BCUT2D eigenvalue weighted by atomic mass is 32.1. The van der Waals surface area contributed by atoms with Gasteiger partial charge in [0, 0.05) is 50.8 Å². The van der Waals surface area contributed by atoms with E-state index >= 15 is 0 Å². The van der Waals surface area contributed by atoms with Gasteiger partial charge < -0.3 is 50.3 Å². The van der Waals surface area contributed by atoms with Gasteiger partial charge in [-0.2, -0.15) is 0 Å². The first-order valence-corrected chi connectivity index (χ1v) is 24.2. The third kappa shape index (κ3) is 15.6. The number of thiazole rings is 1. The number of aromatic nitrogens is 1. The van der Waals surface area contributed by atoms with Crippen LogP contribution in [0.25, 0.3) is 10.4 Å². The van der Waals surface area contributed by atoms with Gasteiger partial charge >= 0.3 is 0 Å². The molecule has 19 nitrogen and oxygen atoms in total. The highest BCUT2D eigenvalue weighted by molar-refractivity contribution is 7.09. The lowest BCUT2D eigenvalue weighted by molar-refractivity contribution is -0.148. The maximum Gasteiger partial charge on any atom is 0.245 e. The van der Waals surface area contributed by atoms with Crippen molar-refractivity contribution in [3.8, 4) is 0 Å². The molecule has 1 saturated heterocycles. The number of carbonyl (C=O) groups excluding carboxylic acids is 4. The van der Waals surface area contributed by atoms with E-state index < -0.39 is 73.1 Å². The maximum absolute atomic E-state index is 14.6. The molecule has 376 valence electrons. The van der Waals surface area contributed by atoms with Crippen molar-refractivity contribution in [2.45, 2.75) is 147 Å². The van der Waals surface area contributed by atoms with E-state index in [1.807, 2.05) is 70.3 Å². The Morgan fingerprint density at radius 3 is 2.16 bits per heavy atom. The second-order valence-electron chi connectivity index (χ2n) is 18.6. The van der Waals surface area contributed by atoms with Crippen molar-refractivity contribution in [2.75, 3.05) is 47.9 Å².